The first-order valence-corrected chi connectivity index (χ1v) is 8.34. The molecule has 1 aromatic heterocycles. The molecule has 0 unspecified atom stereocenters. The van der Waals surface area contributed by atoms with Crippen molar-refractivity contribution in [1.29, 1.82) is 0 Å². The molecule has 3 aromatic rings. The number of hydrogen-bond acceptors (Lipinski definition) is 8. The van der Waals surface area contributed by atoms with E-state index in [4.69, 9.17) is 9.47 Å². The van der Waals surface area contributed by atoms with Gasteiger partial charge in [0.1, 0.15) is 11.4 Å². The SMILES string of the molecule is COc1ccc(Cc2nnc(N/N=C\c3ccc(O)cc3)[nH]c2=O)cc1OC. The Morgan fingerprint density at radius 3 is 2.54 bits per heavy atom. The number of aromatic amines is 1. The maximum atomic E-state index is 12.3. The summed E-state index contributed by atoms with van der Waals surface area (Å²) in [4.78, 5) is 14.9. The molecule has 0 saturated heterocycles. The number of aromatic hydroxyl groups is 1. The molecule has 0 radical (unpaired) electrons. The molecule has 0 aliphatic heterocycles. The molecule has 9 nitrogen and oxygen atoms in total. The van der Waals surface area contributed by atoms with Gasteiger partial charge in [-0.25, -0.2) is 5.43 Å². The number of rotatable bonds is 7. The molecule has 0 atom stereocenters. The minimum absolute atomic E-state index is 0.121. The summed E-state index contributed by atoms with van der Waals surface area (Å²) in [6.45, 7) is 0. The van der Waals surface area contributed by atoms with Gasteiger partial charge in [-0.15, -0.1) is 10.2 Å². The predicted molar refractivity (Wildman–Crippen MR) is 104 cm³/mol. The highest BCUT2D eigenvalue weighted by atomic mass is 16.5. The van der Waals surface area contributed by atoms with E-state index in [-0.39, 0.29) is 23.0 Å². The lowest BCUT2D eigenvalue weighted by molar-refractivity contribution is 0.354. The number of phenolic OH excluding ortho intramolecular Hbond substituents is 1. The number of ether oxygens (including phenoxy) is 2. The number of hydrogen-bond donors (Lipinski definition) is 3. The minimum Gasteiger partial charge on any atom is -0.508 e. The Morgan fingerprint density at radius 1 is 1.11 bits per heavy atom. The highest BCUT2D eigenvalue weighted by Crippen LogP contribution is 2.28. The molecule has 0 saturated carbocycles. The highest BCUT2D eigenvalue weighted by Gasteiger charge is 2.09. The monoisotopic (exact) mass is 381 g/mol. The second kappa shape index (κ2) is 8.67. The fourth-order valence-corrected chi connectivity index (χ4v) is 2.44. The largest absolute Gasteiger partial charge is 0.508 e. The van der Waals surface area contributed by atoms with Gasteiger partial charge in [0.15, 0.2) is 11.5 Å². The lowest BCUT2D eigenvalue weighted by Gasteiger charge is -2.09. The average molecular weight is 381 g/mol. The summed E-state index contributed by atoms with van der Waals surface area (Å²) < 4.78 is 10.5. The smallest absolute Gasteiger partial charge is 0.274 e. The number of aromatic nitrogens is 3. The Morgan fingerprint density at radius 2 is 1.86 bits per heavy atom. The number of hydrazone groups is 1. The maximum absolute atomic E-state index is 12.3. The van der Waals surface area contributed by atoms with Gasteiger partial charge in [-0.1, -0.05) is 6.07 Å². The molecule has 0 aliphatic carbocycles. The van der Waals surface area contributed by atoms with Crippen LogP contribution in [0, 0.1) is 0 Å². The second-order valence-corrected chi connectivity index (χ2v) is 5.78. The van der Waals surface area contributed by atoms with Crippen molar-refractivity contribution in [1.82, 2.24) is 15.2 Å². The van der Waals surface area contributed by atoms with Crippen LogP contribution in [0.3, 0.4) is 0 Å². The first-order chi connectivity index (χ1) is 13.6. The summed E-state index contributed by atoms with van der Waals surface area (Å²) in [6, 6.07) is 11.9. The number of H-pyrrole nitrogens is 1. The molecule has 144 valence electrons. The molecule has 3 rings (SSSR count). The summed E-state index contributed by atoms with van der Waals surface area (Å²) in [5, 5.41) is 21.1. The predicted octanol–water partition coefficient (Wildman–Crippen LogP) is 1.92. The van der Waals surface area contributed by atoms with Crippen LogP contribution in [0.25, 0.3) is 0 Å². The van der Waals surface area contributed by atoms with E-state index in [2.05, 4.69) is 25.7 Å². The van der Waals surface area contributed by atoms with Crippen molar-refractivity contribution < 1.29 is 14.6 Å². The Labute approximate surface area is 160 Å². The van der Waals surface area contributed by atoms with Crippen molar-refractivity contribution in [2.75, 3.05) is 19.6 Å². The van der Waals surface area contributed by atoms with Crippen LogP contribution in [-0.4, -0.2) is 40.7 Å². The summed E-state index contributed by atoms with van der Waals surface area (Å²) in [7, 11) is 3.11. The summed E-state index contributed by atoms with van der Waals surface area (Å²) in [5.74, 6) is 1.48. The lowest BCUT2D eigenvalue weighted by Crippen LogP contribution is -2.18. The Hall–Kier alpha value is -3.88. The van der Waals surface area contributed by atoms with Crippen molar-refractivity contribution in [3.63, 3.8) is 0 Å². The zero-order chi connectivity index (χ0) is 19.9. The van der Waals surface area contributed by atoms with Crippen LogP contribution in [0.2, 0.25) is 0 Å². The molecule has 0 amide bonds. The van der Waals surface area contributed by atoms with Crippen molar-refractivity contribution in [3.05, 3.63) is 69.6 Å². The van der Waals surface area contributed by atoms with E-state index in [1.165, 1.54) is 6.21 Å². The van der Waals surface area contributed by atoms with Crippen LogP contribution < -0.4 is 20.5 Å². The molecule has 0 fully saturated rings. The van der Waals surface area contributed by atoms with E-state index in [9.17, 15) is 9.90 Å². The van der Waals surface area contributed by atoms with E-state index in [1.807, 2.05) is 6.07 Å². The number of phenols is 1. The Kier molecular flexibility index (Phi) is 5.85. The quantitative estimate of drug-likeness (QED) is 0.422. The zero-order valence-electron chi connectivity index (χ0n) is 15.3. The third kappa shape index (κ3) is 4.64. The van der Waals surface area contributed by atoms with Gasteiger partial charge < -0.3 is 14.6 Å². The van der Waals surface area contributed by atoms with Crippen molar-refractivity contribution in [2.24, 2.45) is 5.10 Å². The van der Waals surface area contributed by atoms with E-state index in [0.29, 0.717) is 17.9 Å². The third-order valence-corrected chi connectivity index (χ3v) is 3.86. The normalized spacial score (nSPS) is 10.8. The molecule has 1 heterocycles. The highest BCUT2D eigenvalue weighted by molar-refractivity contribution is 5.80. The van der Waals surface area contributed by atoms with Crippen molar-refractivity contribution in [2.45, 2.75) is 6.42 Å². The molecule has 3 N–H and O–H groups in total. The molecular formula is C19H19N5O4. The second-order valence-electron chi connectivity index (χ2n) is 5.78. The van der Waals surface area contributed by atoms with E-state index in [0.717, 1.165) is 11.1 Å². The van der Waals surface area contributed by atoms with Gasteiger partial charge in [-0.2, -0.15) is 5.10 Å². The minimum atomic E-state index is -0.368. The molecule has 0 bridgehead atoms. The molecule has 2 aromatic carbocycles. The van der Waals surface area contributed by atoms with Gasteiger partial charge in [0.05, 0.1) is 20.4 Å². The Bertz CT molecular complexity index is 1030. The lowest BCUT2D eigenvalue weighted by atomic mass is 10.1. The van der Waals surface area contributed by atoms with Gasteiger partial charge >= 0.3 is 0 Å². The van der Waals surface area contributed by atoms with Crippen LogP contribution in [0.1, 0.15) is 16.8 Å². The number of benzene rings is 2. The molecule has 0 spiro atoms. The van der Waals surface area contributed by atoms with Crippen LogP contribution in [0.4, 0.5) is 5.95 Å². The van der Waals surface area contributed by atoms with Crippen molar-refractivity contribution in [3.8, 4) is 17.2 Å². The zero-order valence-corrected chi connectivity index (χ0v) is 15.3. The van der Waals surface area contributed by atoms with Crippen LogP contribution in [-0.2, 0) is 6.42 Å². The molecule has 9 heteroatoms. The first-order valence-electron chi connectivity index (χ1n) is 8.34. The topological polar surface area (TPSA) is 122 Å². The van der Waals surface area contributed by atoms with Gasteiger partial charge in [0, 0.05) is 6.42 Å². The molecule has 0 aliphatic rings. The standard InChI is InChI=1S/C19H19N5O4/c1-27-16-8-5-13(10-17(16)28-2)9-15-18(26)21-19(24-22-15)23-20-11-12-3-6-14(25)7-4-12/h3-8,10-11,25H,9H2,1-2H3,(H2,21,23,24,26)/b20-11-. The van der Waals surface area contributed by atoms with Gasteiger partial charge in [-0.3, -0.25) is 9.78 Å². The van der Waals surface area contributed by atoms with Gasteiger partial charge in [0.25, 0.3) is 5.56 Å². The number of nitrogens with one attached hydrogen (secondary N) is 2. The third-order valence-electron chi connectivity index (χ3n) is 3.86. The van der Waals surface area contributed by atoms with Crippen molar-refractivity contribution >= 4 is 12.2 Å². The van der Waals surface area contributed by atoms with E-state index in [1.54, 1.807) is 50.6 Å². The Balaban J connectivity index is 1.68. The van der Waals surface area contributed by atoms with Crippen LogP contribution in [0.5, 0.6) is 17.2 Å². The fourth-order valence-electron chi connectivity index (χ4n) is 2.44. The van der Waals surface area contributed by atoms with Gasteiger partial charge in [0.2, 0.25) is 5.95 Å². The number of nitrogens with zero attached hydrogens (tertiary/aromatic N) is 3. The summed E-state index contributed by atoms with van der Waals surface area (Å²) in [6.07, 6.45) is 1.82. The summed E-state index contributed by atoms with van der Waals surface area (Å²) >= 11 is 0. The van der Waals surface area contributed by atoms with E-state index >= 15 is 0 Å². The molecular weight excluding hydrogens is 362 g/mol. The summed E-state index contributed by atoms with van der Waals surface area (Å²) in [5.41, 5.74) is 4.12. The average Bonchev–Trinajstić information content (AvgIpc) is 2.71. The van der Waals surface area contributed by atoms with E-state index < -0.39 is 0 Å². The fraction of sp³-hybridized carbons (Fsp3) is 0.158. The van der Waals surface area contributed by atoms with Crippen LogP contribution >= 0.6 is 0 Å². The number of methoxy groups -OCH3 is 2. The first kappa shape index (κ1) is 18.9. The van der Waals surface area contributed by atoms with Crippen LogP contribution in [0.15, 0.2) is 52.4 Å². The van der Waals surface area contributed by atoms with Gasteiger partial charge in [-0.05, 0) is 47.5 Å². The number of anilines is 1. The molecule has 28 heavy (non-hydrogen) atoms. The maximum Gasteiger partial charge on any atom is 0.274 e.